The fraction of sp³-hybridized carbons (Fsp3) is 0.478. The predicted octanol–water partition coefficient (Wildman–Crippen LogP) is 3.70. The average Bonchev–Trinajstić information content (AvgIpc) is 2.67. The van der Waals surface area contributed by atoms with Gasteiger partial charge in [-0.3, -0.25) is 4.79 Å². The first-order valence-corrected chi connectivity index (χ1v) is 9.95. The van der Waals surface area contributed by atoms with Crippen LogP contribution in [0.4, 0.5) is 0 Å². The Balaban J connectivity index is 2.42. The Morgan fingerprint density at radius 1 is 1.11 bits per heavy atom. The van der Waals surface area contributed by atoms with Crippen molar-refractivity contribution in [1.29, 1.82) is 0 Å². The molecule has 5 nitrogen and oxygen atoms in total. The molecule has 0 aliphatic carbocycles. The van der Waals surface area contributed by atoms with Crippen LogP contribution in [0, 0.1) is 5.92 Å². The smallest absolute Gasteiger partial charge is 0.244 e. The highest BCUT2D eigenvalue weighted by atomic mass is 16.3. The van der Waals surface area contributed by atoms with Gasteiger partial charge in [0.15, 0.2) is 0 Å². The lowest BCUT2D eigenvalue weighted by atomic mass is 10.00. The number of unbranched alkanes of at least 4 members (excludes halogenated alkanes) is 3. The standard InChI is InChI=1S/C23H33NO4/c1-18(7-5-3-4-6-14-25)15-19(2)8-13-23(28)24-21(17-26)16-20-9-11-22(27)12-10-20/h8-13,15,17-18,21,25,27H,3-7,14,16H2,1-2H3,(H,24,28)/b13-8+,19-15+. The van der Waals surface area contributed by atoms with Gasteiger partial charge < -0.3 is 20.3 Å². The quantitative estimate of drug-likeness (QED) is 0.208. The van der Waals surface area contributed by atoms with Crippen molar-refractivity contribution in [3.63, 3.8) is 0 Å². The number of amides is 1. The summed E-state index contributed by atoms with van der Waals surface area (Å²) in [4.78, 5) is 23.3. The largest absolute Gasteiger partial charge is 0.508 e. The molecule has 1 amide bonds. The fourth-order valence-electron chi connectivity index (χ4n) is 2.98. The van der Waals surface area contributed by atoms with E-state index in [1.165, 1.54) is 6.08 Å². The van der Waals surface area contributed by atoms with Crippen LogP contribution in [-0.2, 0) is 16.0 Å². The zero-order valence-corrected chi connectivity index (χ0v) is 16.9. The topological polar surface area (TPSA) is 86.6 Å². The summed E-state index contributed by atoms with van der Waals surface area (Å²) in [5.74, 6) is 0.291. The second kappa shape index (κ2) is 13.7. The molecule has 0 saturated carbocycles. The molecule has 0 spiro atoms. The van der Waals surface area contributed by atoms with Crippen molar-refractivity contribution in [3.05, 3.63) is 53.6 Å². The molecule has 2 unspecified atom stereocenters. The normalized spacial score (nSPS) is 14.0. The van der Waals surface area contributed by atoms with Crippen molar-refractivity contribution in [2.75, 3.05) is 6.61 Å². The third kappa shape index (κ3) is 10.7. The van der Waals surface area contributed by atoms with E-state index in [0.717, 1.165) is 49.5 Å². The Kier molecular flexibility index (Phi) is 11.6. The summed E-state index contributed by atoms with van der Waals surface area (Å²) in [7, 11) is 0. The molecular formula is C23H33NO4. The van der Waals surface area contributed by atoms with Gasteiger partial charge in [0, 0.05) is 12.7 Å². The van der Waals surface area contributed by atoms with Gasteiger partial charge in [0.05, 0.1) is 6.04 Å². The van der Waals surface area contributed by atoms with Crippen molar-refractivity contribution in [2.45, 2.75) is 58.4 Å². The number of carbonyl (C=O) groups excluding carboxylic acids is 2. The number of aromatic hydroxyl groups is 1. The number of phenols is 1. The fourth-order valence-corrected chi connectivity index (χ4v) is 2.98. The van der Waals surface area contributed by atoms with E-state index in [1.54, 1.807) is 30.3 Å². The molecule has 0 radical (unpaired) electrons. The maximum absolute atomic E-state index is 12.1. The molecule has 0 bridgehead atoms. The predicted molar refractivity (Wildman–Crippen MR) is 112 cm³/mol. The van der Waals surface area contributed by atoms with Gasteiger partial charge in [0.1, 0.15) is 12.0 Å². The Bertz CT molecular complexity index is 649. The molecule has 1 aromatic carbocycles. The first kappa shape index (κ1) is 23.6. The van der Waals surface area contributed by atoms with Crippen molar-refractivity contribution in [2.24, 2.45) is 5.92 Å². The first-order valence-electron chi connectivity index (χ1n) is 9.95. The lowest BCUT2D eigenvalue weighted by Crippen LogP contribution is -2.36. The Labute approximate surface area is 168 Å². The summed E-state index contributed by atoms with van der Waals surface area (Å²) in [6.45, 7) is 4.38. The van der Waals surface area contributed by atoms with Crippen LogP contribution in [0.2, 0.25) is 0 Å². The van der Waals surface area contributed by atoms with Crippen molar-refractivity contribution >= 4 is 12.2 Å². The van der Waals surface area contributed by atoms with Crippen molar-refractivity contribution in [1.82, 2.24) is 5.32 Å². The van der Waals surface area contributed by atoms with Crippen LogP contribution in [0.3, 0.4) is 0 Å². The highest BCUT2D eigenvalue weighted by molar-refractivity contribution is 5.90. The number of aliphatic hydroxyl groups excluding tert-OH is 1. The number of phenolic OH excluding ortho intramolecular Hbond substituents is 1. The van der Waals surface area contributed by atoms with Crippen molar-refractivity contribution < 1.29 is 19.8 Å². The molecule has 1 aromatic rings. The van der Waals surface area contributed by atoms with Gasteiger partial charge in [-0.25, -0.2) is 0 Å². The molecular weight excluding hydrogens is 354 g/mol. The Morgan fingerprint density at radius 2 is 1.79 bits per heavy atom. The SMILES string of the molecule is CC(/C=C/C(=O)NC(C=O)Cc1ccc(O)cc1)=C\C(C)CCCCCCO. The maximum Gasteiger partial charge on any atom is 0.244 e. The van der Waals surface area contributed by atoms with E-state index in [4.69, 9.17) is 5.11 Å². The van der Waals surface area contributed by atoms with Gasteiger partial charge in [-0.1, -0.05) is 56.0 Å². The molecule has 0 fully saturated rings. The molecule has 0 aliphatic rings. The van der Waals surface area contributed by atoms with E-state index in [2.05, 4.69) is 18.3 Å². The lowest BCUT2D eigenvalue weighted by Gasteiger charge is -2.11. The lowest BCUT2D eigenvalue weighted by molar-refractivity contribution is -0.120. The van der Waals surface area contributed by atoms with Gasteiger partial charge in [0.25, 0.3) is 0 Å². The van der Waals surface area contributed by atoms with Gasteiger partial charge >= 0.3 is 0 Å². The second-order valence-electron chi connectivity index (χ2n) is 7.27. The molecule has 0 aromatic heterocycles. The molecule has 3 N–H and O–H groups in total. The van der Waals surface area contributed by atoms with Gasteiger partial charge in [-0.2, -0.15) is 0 Å². The van der Waals surface area contributed by atoms with Gasteiger partial charge in [-0.15, -0.1) is 0 Å². The second-order valence-corrected chi connectivity index (χ2v) is 7.27. The first-order chi connectivity index (χ1) is 13.4. The van der Waals surface area contributed by atoms with Crippen LogP contribution < -0.4 is 5.32 Å². The van der Waals surface area contributed by atoms with E-state index < -0.39 is 6.04 Å². The summed E-state index contributed by atoms with van der Waals surface area (Å²) < 4.78 is 0. The number of aldehydes is 1. The molecule has 0 aliphatic heterocycles. The minimum Gasteiger partial charge on any atom is -0.508 e. The molecule has 2 atom stereocenters. The van der Waals surface area contributed by atoms with Crippen LogP contribution in [0.15, 0.2) is 48.1 Å². The summed E-state index contributed by atoms with van der Waals surface area (Å²) >= 11 is 0. The van der Waals surface area contributed by atoms with E-state index in [0.29, 0.717) is 12.3 Å². The van der Waals surface area contributed by atoms with Gasteiger partial charge in [0.2, 0.25) is 5.91 Å². The maximum atomic E-state index is 12.1. The molecule has 1 rings (SSSR count). The van der Waals surface area contributed by atoms with Crippen LogP contribution >= 0.6 is 0 Å². The zero-order chi connectivity index (χ0) is 20.8. The summed E-state index contributed by atoms with van der Waals surface area (Å²) in [5.41, 5.74) is 1.88. The zero-order valence-electron chi connectivity index (χ0n) is 16.9. The average molecular weight is 388 g/mol. The number of hydrogen-bond donors (Lipinski definition) is 3. The number of allylic oxidation sites excluding steroid dienone is 3. The van der Waals surface area contributed by atoms with Crippen LogP contribution in [0.5, 0.6) is 5.75 Å². The number of benzene rings is 1. The molecule has 154 valence electrons. The number of rotatable bonds is 13. The number of hydrogen-bond acceptors (Lipinski definition) is 4. The Morgan fingerprint density at radius 3 is 2.43 bits per heavy atom. The number of aliphatic hydroxyl groups is 1. The minimum atomic E-state index is -0.608. The van der Waals surface area contributed by atoms with E-state index >= 15 is 0 Å². The van der Waals surface area contributed by atoms with Crippen LogP contribution in [0.25, 0.3) is 0 Å². The summed E-state index contributed by atoms with van der Waals surface area (Å²) in [5, 5.41) is 20.8. The third-order valence-electron chi connectivity index (χ3n) is 4.50. The Hall–Kier alpha value is -2.40. The summed E-state index contributed by atoms with van der Waals surface area (Å²) in [6.07, 6.45) is 11.7. The van der Waals surface area contributed by atoms with E-state index in [9.17, 15) is 14.7 Å². The monoisotopic (exact) mass is 387 g/mol. The highest BCUT2D eigenvalue weighted by Gasteiger charge is 2.10. The van der Waals surface area contributed by atoms with Gasteiger partial charge in [-0.05, 0) is 49.8 Å². The van der Waals surface area contributed by atoms with Crippen LogP contribution in [0.1, 0.15) is 51.5 Å². The number of nitrogens with one attached hydrogen (secondary N) is 1. The third-order valence-corrected chi connectivity index (χ3v) is 4.50. The van der Waals surface area contributed by atoms with E-state index in [1.807, 2.05) is 6.92 Å². The highest BCUT2D eigenvalue weighted by Crippen LogP contribution is 2.14. The van der Waals surface area contributed by atoms with E-state index in [-0.39, 0.29) is 18.3 Å². The van der Waals surface area contributed by atoms with Crippen LogP contribution in [-0.4, -0.2) is 35.1 Å². The molecule has 0 saturated heterocycles. The minimum absolute atomic E-state index is 0.167. The summed E-state index contributed by atoms with van der Waals surface area (Å²) in [6, 6.07) is 5.96. The molecule has 5 heteroatoms. The molecule has 28 heavy (non-hydrogen) atoms. The number of carbonyl (C=O) groups is 2. The molecule has 0 heterocycles. The van der Waals surface area contributed by atoms with Crippen molar-refractivity contribution in [3.8, 4) is 5.75 Å².